The average molecular weight is 268 g/mol. The summed E-state index contributed by atoms with van der Waals surface area (Å²) in [6, 6.07) is 7.85. The molecule has 1 fully saturated rings. The lowest BCUT2D eigenvalue weighted by molar-refractivity contribution is -0.130. The summed E-state index contributed by atoms with van der Waals surface area (Å²) in [5.41, 5.74) is 1.01. The maximum absolute atomic E-state index is 12.2. The van der Waals surface area contributed by atoms with E-state index in [9.17, 15) is 4.79 Å². The standard InChI is InChI=1S/C14H18ClNO2/c1-18-13-6-4-11(5-7-13)9-14(17)16-8-2-3-12(16)10-15/h4-7,12H,2-3,8-10H2,1H3. The molecule has 1 aromatic carbocycles. The van der Waals surface area contributed by atoms with Gasteiger partial charge in [-0.05, 0) is 30.5 Å². The van der Waals surface area contributed by atoms with Crippen molar-refractivity contribution in [3.05, 3.63) is 29.8 Å². The summed E-state index contributed by atoms with van der Waals surface area (Å²) in [7, 11) is 1.63. The van der Waals surface area contributed by atoms with E-state index >= 15 is 0 Å². The number of carbonyl (C=O) groups excluding carboxylic acids is 1. The van der Waals surface area contributed by atoms with Crippen molar-refractivity contribution in [1.82, 2.24) is 4.90 Å². The number of likely N-dealkylation sites (tertiary alicyclic amines) is 1. The van der Waals surface area contributed by atoms with E-state index in [2.05, 4.69) is 0 Å². The van der Waals surface area contributed by atoms with Gasteiger partial charge in [-0.1, -0.05) is 12.1 Å². The number of benzene rings is 1. The molecule has 0 radical (unpaired) electrons. The average Bonchev–Trinajstić information content (AvgIpc) is 2.88. The van der Waals surface area contributed by atoms with Crippen molar-refractivity contribution in [1.29, 1.82) is 0 Å². The minimum absolute atomic E-state index is 0.170. The van der Waals surface area contributed by atoms with Gasteiger partial charge in [0.25, 0.3) is 0 Å². The van der Waals surface area contributed by atoms with Gasteiger partial charge >= 0.3 is 0 Å². The highest BCUT2D eigenvalue weighted by Crippen LogP contribution is 2.20. The summed E-state index contributed by atoms with van der Waals surface area (Å²) in [6.07, 6.45) is 2.53. The van der Waals surface area contributed by atoms with Gasteiger partial charge in [0.2, 0.25) is 5.91 Å². The van der Waals surface area contributed by atoms with Crippen LogP contribution < -0.4 is 4.74 Å². The van der Waals surface area contributed by atoms with Gasteiger partial charge in [0.15, 0.2) is 0 Å². The molecule has 0 aliphatic carbocycles. The molecule has 0 N–H and O–H groups in total. The number of alkyl halides is 1. The Labute approximate surface area is 113 Å². The van der Waals surface area contributed by atoms with Crippen molar-refractivity contribution in [3.8, 4) is 5.75 Å². The van der Waals surface area contributed by atoms with Crippen molar-refractivity contribution < 1.29 is 9.53 Å². The summed E-state index contributed by atoms with van der Waals surface area (Å²) in [6.45, 7) is 0.840. The second kappa shape index (κ2) is 6.10. The number of amides is 1. The van der Waals surface area contributed by atoms with Crippen molar-refractivity contribution in [2.75, 3.05) is 19.5 Å². The Morgan fingerprint density at radius 3 is 2.78 bits per heavy atom. The van der Waals surface area contributed by atoms with Gasteiger partial charge in [-0.15, -0.1) is 11.6 Å². The first-order chi connectivity index (χ1) is 8.74. The van der Waals surface area contributed by atoms with Gasteiger partial charge in [0.1, 0.15) is 5.75 Å². The van der Waals surface area contributed by atoms with Crippen LogP contribution in [0.5, 0.6) is 5.75 Å². The molecule has 1 aliphatic rings. The zero-order chi connectivity index (χ0) is 13.0. The fraction of sp³-hybridized carbons (Fsp3) is 0.500. The fourth-order valence-corrected chi connectivity index (χ4v) is 2.66. The van der Waals surface area contributed by atoms with Crippen molar-refractivity contribution in [2.24, 2.45) is 0 Å². The summed E-state index contributed by atoms with van der Waals surface area (Å²) >= 11 is 5.88. The van der Waals surface area contributed by atoms with Crippen LogP contribution in [-0.4, -0.2) is 36.4 Å². The van der Waals surface area contributed by atoms with Gasteiger partial charge in [-0.2, -0.15) is 0 Å². The minimum Gasteiger partial charge on any atom is -0.497 e. The third-order valence-electron chi connectivity index (χ3n) is 3.39. The monoisotopic (exact) mass is 267 g/mol. The lowest BCUT2D eigenvalue weighted by Crippen LogP contribution is -2.37. The fourth-order valence-electron chi connectivity index (χ4n) is 2.34. The number of nitrogens with zero attached hydrogens (tertiary/aromatic N) is 1. The maximum atomic E-state index is 12.2. The van der Waals surface area contributed by atoms with Crippen LogP contribution in [0.4, 0.5) is 0 Å². The van der Waals surface area contributed by atoms with Crippen LogP contribution in [0.25, 0.3) is 0 Å². The number of halogens is 1. The largest absolute Gasteiger partial charge is 0.497 e. The van der Waals surface area contributed by atoms with Crippen LogP contribution in [0.1, 0.15) is 18.4 Å². The van der Waals surface area contributed by atoms with Crippen molar-refractivity contribution in [2.45, 2.75) is 25.3 Å². The highest BCUT2D eigenvalue weighted by Gasteiger charge is 2.27. The van der Waals surface area contributed by atoms with Gasteiger partial charge in [-0.3, -0.25) is 4.79 Å². The molecule has 1 aromatic rings. The highest BCUT2D eigenvalue weighted by atomic mass is 35.5. The van der Waals surface area contributed by atoms with Crippen molar-refractivity contribution >= 4 is 17.5 Å². The third kappa shape index (κ3) is 2.96. The molecule has 1 aliphatic heterocycles. The Bertz CT molecular complexity index is 405. The minimum atomic E-state index is 0.170. The van der Waals surface area contributed by atoms with E-state index in [1.165, 1.54) is 0 Å². The van der Waals surface area contributed by atoms with Gasteiger partial charge in [0, 0.05) is 18.5 Å². The van der Waals surface area contributed by atoms with E-state index in [0.29, 0.717) is 12.3 Å². The molecule has 1 heterocycles. The zero-order valence-electron chi connectivity index (χ0n) is 10.6. The molecule has 4 heteroatoms. The lowest BCUT2D eigenvalue weighted by atomic mass is 10.1. The van der Waals surface area contributed by atoms with Crippen LogP contribution in [0, 0.1) is 0 Å². The van der Waals surface area contributed by atoms with E-state index in [1.807, 2.05) is 29.2 Å². The summed E-state index contributed by atoms with van der Waals surface area (Å²) in [5.74, 6) is 1.52. The van der Waals surface area contributed by atoms with Gasteiger partial charge in [-0.25, -0.2) is 0 Å². The van der Waals surface area contributed by atoms with Gasteiger partial charge in [0.05, 0.1) is 13.5 Å². The number of hydrogen-bond donors (Lipinski definition) is 0. The SMILES string of the molecule is COc1ccc(CC(=O)N2CCCC2CCl)cc1. The summed E-state index contributed by atoms with van der Waals surface area (Å²) in [4.78, 5) is 14.1. The quantitative estimate of drug-likeness (QED) is 0.785. The van der Waals surface area contributed by atoms with E-state index in [1.54, 1.807) is 7.11 Å². The number of hydrogen-bond acceptors (Lipinski definition) is 2. The molecule has 98 valence electrons. The van der Waals surface area contributed by atoms with Crippen LogP contribution in [0.2, 0.25) is 0 Å². The zero-order valence-corrected chi connectivity index (χ0v) is 11.3. The number of rotatable bonds is 4. The molecule has 3 nitrogen and oxygen atoms in total. The lowest BCUT2D eigenvalue weighted by Gasteiger charge is -2.23. The predicted molar refractivity (Wildman–Crippen MR) is 72.2 cm³/mol. The van der Waals surface area contributed by atoms with Crippen LogP contribution >= 0.6 is 11.6 Å². The van der Waals surface area contributed by atoms with E-state index in [0.717, 1.165) is 30.7 Å². The molecule has 0 bridgehead atoms. The highest BCUT2D eigenvalue weighted by molar-refractivity contribution is 6.18. The number of ether oxygens (including phenoxy) is 1. The van der Waals surface area contributed by atoms with E-state index in [-0.39, 0.29) is 11.9 Å². The number of methoxy groups -OCH3 is 1. The molecule has 18 heavy (non-hydrogen) atoms. The first kappa shape index (κ1) is 13.2. The van der Waals surface area contributed by atoms with E-state index in [4.69, 9.17) is 16.3 Å². The first-order valence-electron chi connectivity index (χ1n) is 6.23. The molecule has 1 unspecified atom stereocenters. The normalized spacial score (nSPS) is 19.0. The Kier molecular flexibility index (Phi) is 4.48. The van der Waals surface area contributed by atoms with Crippen molar-refractivity contribution in [3.63, 3.8) is 0 Å². The topological polar surface area (TPSA) is 29.5 Å². The molecule has 1 saturated heterocycles. The van der Waals surface area contributed by atoms with E-state index < -0.39 is 0 Å². The molecule has 1 amide bonds. The molecular formula is C14H18ClNO2. The molecule has 2 rings (SSSR count). The van der Waals surface area contributed by atoms with Gasteiger partial charge < -0.3 is 9.64 Å². The Morgan fingerprint density at radius 1 is 1.44 bits per heavy atom. The maximum Gasteiger partial charge on any atom is 0.227 e. The molecule has 0 aromatic heterocycles. The molecule has 1 atom stereocenters. The Balaban J connectivity index is 1.97. The second-order valence-electron chi connectivity index (χ2n) is 4.56. The third-order valence-corrected chi connectivity index (χ3v) is 3.75. The molecular weight excluding hydrogens is 250 g/mol. The molecule has 0 saturated carbocycles. The Morgan fingerprint density at radius 2 is 2.17 bits per heavy atom. The first-order valence-corrected chi connectivity index (χ1v) is 6.76. The second-order valence-corrected chi connectivity index (χ2v) is 4.87. The number of carbonyl (C=O) groups is 1. The smallest absolute Gasteiger partial charge is 0.227 e. The Hall–Kier alpha value is -1.22. The summed E-state index contributed by atoms with van der Waals surface area (Å²) in [5, 5.41) is 0. The van der Waals surface area contributed by atoms with Crippen LogP contribution in [-0.2, 0) is 11.2 Å². The van der Waals surface area contributed by atoms with Crippen LogP contribution in [0.15, 0.2) is 24.3 Å². The van der Waals surface area contributed by atoms with Crippen LogP contribution in [0.3, 0.4) is 0 Å². The summed E-state index contributed by atoms with van der Waals surface area (Å²) < 4.78 is 5.10. The predicted octanol–water partition coefficient (Wildman–Crippen LogP) is 2.47. The molecule has 0 spiro atoms.